The standard InChI is InChI=1S/C25H17N5O6/c1-34-16-8-6-15(7-9-16)25-27-20(14-35-25)24(31)29-23-18-4-2-3-5-19(18)26-21(28-23)12-10-17-11-13-22(36-17)30(32)33/h2-14H,1H3,(H,26,28,29,31). The first-order valence-corrected chi connectivity index (χ1v) is 10.6. The Balaban J connectivity index is 1.41. The minimum atomic E-state index is -0.624. The van der Waals surface area contributed by atoms with E-state index in [-0.39, 0.29) is 34.9 Å². The maximum absolute atomic E-state index is 12.9. The van der Waals surface area contributed by atoms with Gasteiger partial charge in [-0.3, -0.25) is 14.9 Å². The predicted molar refractivity (Wildman–Crippen MR) is 130 cm³/mol. The molecule has 36 heavy (non-hydrogen) atoms. The number of fused-ring (bicyclic) bond motifs is 1. The second-order valence-corrected chi connectivity index (χ2v) is 7.43. The molecule has 1 N–H and O–H groups in total. The SMILES string of the molecule is COc1ccc(-c2nc(C(=O)Nc3nc(C=Cc4ccc([N+](=O)[O-])o4)nc4ccccc34)co2)cc1. The van der Waals surface area contributed by atoms with E-state index >= 15 is 0 Å². The molecule has 2 aromatic carbocycles. The molecule has 178 valence electrons. The van der Waals surface area contributed by atoms with E-state index in [0.717, 1.165) is 0 Å². The molecular weight excluding hydrogens is 466 g/mol. The molecule has 0 fully saturated rings. The first kappa shape index (κ1) is 22.5. The highest BCUT2D eigenvalue weighted by atomic mass is 16.6. The van der Waals surface area contributed by atoms with E-state index in [1.165, 1.54) is 30.5 Å². The number of methoxy groups -OCH3 is 1. The fourth-order valence-corrected chi connectivity index (χ4v) is 3.37. The van der Waals surface area contributed by atoms with Crippen LogP contribution < -0.4 is 10.1 Å². The van der Waals surface area contributed by atoms with E-state index in [2.05, 4.69) is 20.3 Å². The normalized spacial score (nSPS) is 11.1. The van der Waals surface area contributed by atoms with Crippen molar-refractivity contribution in [2.45, 2.75) is 0 Å². The summed E-state index contributed by atoms with van der Waals surface area (Å²) >= 11 is 0. The second kappa shape index (κ2) is 9.50. The Morgan fingerprint density at radius 2 is 1.83 bits per heavy atom. The summed E-state index contributed by atoms with van der Waals surface area (Å²) in [5, 5.41) is 14.2. The lowest BCUT2D eigenvalue weighted by Crippen LogP contribution is -2.14. The van der Waals surface area contributed by atoms with Gasteiger partial charge in [-0.05, 0) is 54.6 Å². The van der Waals surface area contributed by atoms with Gasteiger partial charge in [-0.25, -0.2) is 15.0 Å². The van der Waals surface area contributed by atoms with Gasteiger partial charge in [0.1, 0.15) is 28.5 Å². The van der Waals surface area contributed by atoms with E-state index in [0.29, 0.717) is 22.2 Å². The van der Waals surface area contributed by atoms with Crippen LogP contribution in [0.3, 0.4) is 0 Å². The van der Waals surface area contributed by atoms with Crippen LogP contribution in [0, 0.1) is 10.1 Å². The third-order valence-corrected chi connectivity index (χ3v) is 5.12. The van der Waals surface area contributed by atoms with Crippen molar-refractivity contribution in [2.24, 2.45) is 0 Å². The molecule has 0 radical (unpaired) electrons. The lowest BCUT2D eigenvalue weighted by Gasteiger charge is -2.07. The van der Waals surface area contributed by atoms with E-state index in [9.17, 15) is 14.9 Å². The maximum Gasteiger partial charge on any atom is 0.433 e. The number of ether oxygens (including phenoxy) is 1. The molecule has 5 aromatic rings. The summed E-state index contributed by atoms with van der Waals surface area (Å²) < 4.78 is 15.8. The molecule has 0 saturated heterocycles. The highest BCUT2D eigenvalue weighted by Gasteiger charge is 2.17. The van der Waals surface area contributed by atoms with Gasteiger partial charge < -0.3 is 18.9 Å². The molecule has 0 bridgehead atoms. The fourth-order valence-electron chi connectivity index (χ4n) is 3.37. The third-order valence-electron chi connectivity index (χ3n) is 5.12. The molecule has 0 aliphatic carbocycles. The number of hydrogen-bond acceptors (Lipinski definition) is 9. The van der Waals surface area contributed by atoms with Crippen LogP contribution in [0.15, 0.2) is 75.8 Å². The summed E-state index contributed by atoms with van der Waals surface area (Å²) in [5.41, 5.74) is 1.35. The topological polar surface area (TPSA) is 146 Å². The van der Waals surface area contributed by atoms with Crippen molar-refractivity contribution >= 4 is 40.7 Å². The van der Waals surface area contributed by atoms with Gasteiger partial charge in [0.2, 0.25) is 5.89 Å². The quantitative estimate of drug-likeness (QED) is 0.243. The van der Waals surface area contributed by atoms with Crippen LogP contribution >= 0.6 is 0 Å². The molecule has 0 saturated carbocycles. The summed E-state index contributed by atoms with van der Waals surface area (Å²) in [4.78, 5) is 36.3. The van der Waals surface area contributed by atoms with Gasteiger partial charge in [-0.2, -0.15) is 0 Å². The summed E-state index contributed by atoms with van der Waals surface area (Å²) in [7, 11) is 1.57. The molecule has 0 aliphatic rings. The van der Waals surface area contributed by atoms with E-state index in [1.54, 1.807) is 49.6 Å². The molecule has 3 heterocycles. The number of anilines is 1. The molecule has 0 aliphatic heterocycles. The van der Waals surface area contributed by atoms with Gasteiger partial charge in [0, 0.05) is 10.9 Å². The van der Waals surface area contributed by atoms with Crippen molar-refractivity contribution < 1.29 is 23.3 Å². The number of nitro groups is 1. The van der Waals surface area contributed by atoms with Crippen LogP contribution in [0.2, 0.25) is 0 Å². The molecule has 11 heteroatoms. The number of aromatic nitrogens is 3. The number of carbonyl (C=O) groups excluding carboxylic acids is 1. The van der Waals surface area contributed by atoms with Crippen LogP contribution in [0.25, 0.3) is 34.5 Å². The minimum absolute atomic E-state index is 0.0727. The van der Waals surface area contributed by atoms with Crippen LogP contribution in [-0.2, 0) is 0 Å². The number of furan rings is 1. The van der Waals surface area contributed by atoms with Crippen LogP contribution in [0.5, 0.6) is 5.75 Å². The molecule has 3 aromatic heterocycles. The zero-order valence-electron chi connectivity index (χ0n) is 18.7. The second-order valence-electron chi connectivity index (χ2n) is 7.43. The average molecular weight is 483 g/mol. The van der Waals surface area contributed by atoms with Crippen molar-refractivity contribution in [1.82, 2.24) is 15.0 Å². The van der Waals surface area contributed by atoms with Crippen LogP contribution in [0.1, 0.15) is 22.1 Å². The zero-order chi connectivity index (χ0) is 25.1. The summed E-state index contributed by atoms with van der Waals surface area (Å²) in [6.07, 6.45) is 4.30. The van der Waals surface area contributed by atoms with Crippen molar-refractivity contribution in [2.75, 3.05) is 12.4 Å². The predicted octanol–water partition coefficient (Wildman–Crippen LogP) is 5.22. The number of amides is 1. The smallest absolute Gasteiger partial charge is 0.433 e. The molecule has 1 amide bonds. The first-order chi connectivity index (χ1) is 17.5. The third kappa shape index (κ3) is 4.66. The van der Waals surface area contributed by atoms with E-state index in [1.807, 2.05) is 6.07 Å². The monoisotopic (exact) mass is 483 g/mol. The van der Waals surface area contributed by atoms with Gasteiger partial charge in [0.25, 0.3) is 5.91 Å². The highest BCUT2D eigenvalue weighted by Crippen LogP contribution is 2.24. The number of nitrogens with zero attached hydrogens (tertiary/aromatic N) is 4. The Morgan fingerprint density at radius 1 is 1.03 bits per heavy atom. The van der Waals surface area contributed by atoms with E-state index < -0.39 is 10.8 Å². The fraction of sp³-hybridized carbons (Fsp3) is 0.0400. The lowest BCUT2D eigenvalue weighted by molar-refractivity contribution is -0.402. The van der Waals surface area contributed by atoms with Crippen molar-refractivity contribution in [1.29, 1.82) is 0 Å². The molecule has 0 spiro atoms. The van der Waals surface area contributed by atoms with Gasteiger partial charge >= 0.3 is 5.88 Å². The maximum atomic E-state index is 12.9. The van der Waals surface area contributed by atoms with Crippen LogP contribution in [0.4, 0.5) is 11.7 Å². The van der Waals surface area contributed by atoms with E-state index in [4.69, 9.17) is 13.6 Å². The van der Waals surface area contributed by atoms with Crippen molar-refractivity contribution in [3.05, 3.63) is 94.3 Å². The molecule has 0 atom stereocenters. The zero-order valence-corrected chi connectivity index (χ0v) is 18.7. The molecule has 11 nitrogen and oxygen atoms in total. The number of carbonyl (C=O) groups is 1. The van der Waals surface area contributed by atoms with Crippen molar-refractivity contribution in [3.63, 3.8) is 0 Å². The molecule has 0 unspecified atom stereocenters. The first-order valence-electron chi connectivity index (χ1n) is 10.6. The van der Waals surface area contributed by atoms with Gasteiger partial charge in [0.05, 0.1) is 18.7 Å². The number of nitrogens with one attached hydrogen (secondary N) is 1. The van der Waals surface area contributed by atoms with Crippen LogP contribution in [-0.4, -0.2) is 32.9 Å². The van der Waals surface area contributed by atoms with Crippen molar-refractivity contribution in [3.8, 4) is 17.2 Å². The summed E-state index contributed by atoms with van der Waals surface area (Å²) in [6, 6.07) is 17.0. The van der Waals surface area contributed by atoms with Gasteiger partial charge in [-0.1, -0.05) is 12.1 Å². The Labute approximate surface area is 203 Å². The Morgan fingerprint density at radius 3 is 2.58 bits per heavy atom. The number of rotatable bonds is 7. The highest BCUT2D eigenvalue weighted by molar-refractivity contribution is 6.06. The largest absolute Gasteiger partial charge is 0.497 e. The Kier molecular flexibility index (Phi) is 5.93. The number of benzene rings is 2. The minimum Gasteiger partial charge on any atom is -0.497 e. The van der Waals surface area contributed by atoms with Gasteiger partial charge in [0.15, 0.2) is 11.5 Å². The molecular formula is C25H17N5O6. The summed E-state index contributed by atoms with van der Waals surface area (Å²) in [5.74, 6) is 0.882. The Hall–Kier alpha value is -5.32. The number of oxazole rings is 1. The summed E-state index contributed by atoms with van der Waals surface area (Å²) in [6.45, 7) is 0. The lowest BCUT2D eigenvalue weighted by atomic mass is 10.2. The Bertz CT molecular complexity index is 1600. The number of hydrogen-bond donors (Lipinski definition) is 1. The van der Waals surface area contributed by atoms with Gasteiger partial charge in [-0.15, -0.1) is 0 Å². The average Bonchev–Trinajstić information content (AvgIpc) is 3.58. The molecule has 5 rings (SSSR count). The number of para-hydroxylation sites is 1.